The molecule has 0 bridgehead atoms. The molecule has 0 aliphatic carbocycles. The van der Waals surface area contributed by atoms with Crippen molar-refractivity contribution in [3.05, 3.63) is 60.2 Å². The highest BCUT2D eigenvalue weighted by atomic mass is 19.1. The predicted molar refractivity (Wildman–Crippen MR) is 107 cm³/mol. The molecule has 1 atom stereocenters. The van der Waals surface area contributed by atoms with Crippen molar-refractivity contribution in [1.29, 1.82) is 0 Å². The number of H-pyrrole nitrogens is 1. The summed E-state index contributed by atoms with van der Waals surface area (Å²) in [5.41, 5.74) is 3.07. The maximum atomic E-state index is 13.2. The minimum Gasteiger partial charge on any atom is -0.346 e. The summed E-state index contributed by atoms with van der Waals surface area (Å²) in [6.45, 7) is 2.54. The number of aromatic nitrogens is 2. The van der Waals surface area contributed by atoms with E-state index in [9.17, 15) is 9.18 Å². The number of likely N-dealkylation sites (tertiary alicyclic amines) is 1. The second kappa shape index (κ2) is 7.02. The lowest BCUT2D eigenvalue weighted by atomic mass is 9.89. The van der Waals surface area contributed by atoms with Gasteiger partial charge in [0, 0.05) is 30.0 Å². The summed E-state index contributed by atoms with van der Waals surface area (Å²) >= 11 is 0. The molecule has 144 valence electrons. The number of carbonyl (C=O) groups excluding carboxylic acids is 1. The van der Waals surface area contributed by atoms with Crippen LogP contribution in [0.25, 0.3) is 11.0 Å². The SMILES string of the molecule is O=C1C(N2CCC(c3c[nH]c4ncccc34)CC2)CCN1c1ccc(F)cc1. The number of pyridine rings is 1. The van der Waals surface area contributed by atoms with E-state index in [0.29, 0.717) is 12.5 Å². The fourth-order valence-electron chi connectivity index (χ4n) is 4.72. The molecule has 5 rings (SSSR count). The number of hydrogen-bond donors (Lipinski definition) is 1. The van der Waals surface area contributed by atoms with Crippen LogP contribution in [0.5, 0.6) is 0 Å². The van der Waals surface area contributed by atoms with E-state index in [1.54, 1.807) is 17.0 Å². The van der Waals surface area contributed by atoms with Crippen molar-refractivity contribution in [3.8, 4) is 0 Å². The van der Waals surface area contributed by atoms with Crippen molar-refractivity contribution in [1.82, 2.24) is 14.9 Å². The molecule has 5 nitrogen and oxygen atoms in total. The Balaban J connectivity index is 1.26. The van der Waals surface area contributed by atoms with Crippen LogP contribution in [-0.4, -0.2) is 46.5 Å². The Labute approximate surface area is 163 Å². The first kappa shape index (κ1) is 17.4. The Bertz CT molecular complexity index is 991. The van der Waals surface area contributed by atoms with Gasteiger partial charge in [-0.05, 0) is 80.2 Å². The molecule has 2 aliphatic rings. The summed E-state index contributed by atoms with van der Waals surface area (Å²) in [6, 6.07) is 10.3. The molecule has 28 heavy (non-hydrogen) atoms. The van der Waals surface area contributed by atoms with Crippen molar-refractivity contribution < 1.29 is 9.18 Å². The van der Waals surface area contributed by atoms with Gasteiger partial charge in [-0.1, -0.05) is 0 Å². The van der Waals surface area contributed by atoms with Crippen molar-refractivity contribution in [2.45, 2.75) is 31.2 Å². The number of piperidine rings is 1. The van der Waals surface area contributed by atoms with Gasteiger partial charge in [0.15, 0.2) is 0 Å². The second-order valence-electron chi connectivity index (χ2n) is 7.72. The van der Waals surface area contributed by atoms with Crippen LogP contribution in [0.2, 0.25) is 0 Å². The lowest BCUT2D eigenvalue weighted by Gasteiger charge is -2.35. The molecule has 0 spiro atoms. The third-order valence-electron chi connectivity index (χ3n) is 6.21. The standard InChI is InChI=1S/C22H23FN4O/c23-16-3-5-17(6-4-16)27-13-9-20(22(27)28)26-11-7-15(8-12-26)19-14-25-21-18(19)2-1-10-24-21/h1-6,10,14-15,20H,7-9,11-13H2,(H,24,25). The Morgan fingerprint density at radius 2 is 1.82 bits per heavy atom. The maximum absolute atomic E-state index is 13.2. The predicted octanol–water partition coefficient (Wildman–Crippen LogP) is 3.69. The molecule has 0 saturated carbocycles. The number of anilines is 1. The quantitative estimate of drug-likeness (QED) is 0.756. The number of rotatable bonds is 3. The van der Waals surface area contributed by atoms with Crippen molar-refractivity contribution in [3.63, 3.8) is 0 Å². The molecule has 4 heterocycles. The first-order valence-corrected chi connectivity index (χ1v) is 9.94. The van der Waals surface area contributed by atoms with E-state index in [1.165, 1.54) is 23.1 Å². The van der Waals surface area contributed by atoms with E-state index in [1.807, 2.05) is 12.3 Å². The summed E-state index contributed by atoms with van der Waals surface area (Å²) in [5.74, 6) is 0.363. The molecular formula is C22H23FN4O. The van der Waals surface area contributed by atoms with E-state index in [-0.39, 0.29) is 17.8 Å². The third-order valence-corrected chi connectivity index (χ3v) is 6.21. The van der Waals surface area contributed by atoms with Crippen LogP contribution in [-0.2, 0) is 4.79 Å². The van der Waals surface area contributed by atoms with Crippen LogP contribution < -0.4 is 4.90 Å². The number of fused-ring (bicyclic) bond motifs is 1. The summed E-state index contributed by atoms with van der Waals surface area (Å²) in [5, 5.41) is 1.21. The molecule has 2 saturated heterocycles. The van der Waals surface area contributed by atoms with E-state index in [2.05, 4.69) is 27.1 Å². The van der Waals surface area contributed by atoms with Gasteiger partial charge in [0.25, 0.3) is 0 Å². The van der Waals surface area contributed by atoms with Gasteiger partial charge in [0.2, 0.25) is 5.91 Å². The number of benzene rings is 1. The molecule has 1 N–H and O–H groups in total. The van der Waals surface area contributed by atoms with E-state index in [0.717, 1.165) is 43.7 Å². The summed E-state index contributed by atoms with van der Waals surface area (Å²) < 4.78 is 13.2. The lowest BCUT2D eigenvalue weighted by Crippen LogP contribution is -2.45. The van der Waals surface area contributed by atoms with E-state index in [4.69, 9.17) is 0 Å². The second-order valence-corrected chi connectivity index (χ2v) is 7.72. The minimum absolute atomic E-state index is 0.0596. The average Bonchev–Trinajstić information content (AvgIpc) is 3.33. The largest absolute Gasteiger partial charge is 0.346 e. The van der Waals surface area contributed by atoms with Gasteiger partial charge in [-0.25, -0.2) is 9.37 Å². The number of halogens is 1. The number of nitrogens with one attached hydrogen (secondary N) is 1. The van der Waals surface area contributed by atoms with Crippen LogP contribution in [0.15, 0.2) is 48.8 Å². The number of aromatic amines is 1. The van der Waals surface area contributed by atoms with E-state index < -0.39 is 0 Å². The van der Waals surface area contributed by atoms with Crippen molar-refractivity contribution in [2.75, 3.05) is 24.5 Å². The van der Waals surface area contributed by atoms with Gasteiger partial charge >= 0.3 is 0 Å². The molecule has 6 heteroatoms. The summed E-state index contributed by atoms with van der Waals surface area (Å²) in [6.07, 6.45) is 6.82. The summed E-state index contributed by atoms with van der Waals surface area (Å²) in [7, 11) is 0. The normalized spacial score (nSPS) is 21.7. The Morgan fingerprint density at radius 3 is 2.61 bits per heavy atom. The molecule has 2 fully saturated rings. The van der Waals surface area contributed by atoms with E-state index >= 15 is 0 Å². The lowest BCUT2D eigenvalue weighted by molar-refractivity contribution is -0.122. The zero-order valence-corrected chi connectivity index (χ0v) is 15.6. The van der Waals surface area contributed by atoms with Crippen LogP contribution in [0.4, 0.5) is 10.1 Å². The monoisotopic (exact) mass is 378 g/mol. The van der Waals surface area contributed by atoms with Crippen LogP contribution in [0.3, 0.4) is 0 Å². The molecular weight excluding hydrogens is 355 g/mol. The van der Waals surface area contributed by atoms with Crippen LogP contribution in [0.1, 0.15) is 30.7 Å². The topological polar surface area (TPSA) is 52.2 Å². The highest BCUT2D eigenvalue weighted by Gasteiger charge is 2.38. The van der Waals surface area contributed by atoms with Crippen LogP contribution >= 0.6 is 0 Å². The average molecular weight is 378 g/mol. The van der Waals surface area contributed by atoms with Crippen molar-refractivity contribution in [2.24, 2.45) is 0 Å². The smallest absolute Gasteiger partial charge is 0.244 e. The van der Waals surface area contributed by atoms with Crippen molar-refractivity contribution >= 4 is 22.6 Å². The Morgan fingerprint density at radius 1 is 1.04 bits per heavy atom. The molecule has 1 amide bonds. The highest BCUT2D eigenvalue weighted by Crippen LogP contribution is 2.34. The maximum Gasteiger partial charge on any atom is 0.244 e. The third kappa shape index (κ3) is 2.98. The summed E-state index contributed by atoms with van der Waals surface area (Å²) in [4.78, 5) is 24.7. The van der Waals surface area contributed by atoms with Gasteiger partial charge in [0.05, 0.1) is 6.04 Å². The fraction of sp³-hybridized carbons (Fsp3) is 0.364. The van der Waals surface area contributed by atoms with Gasteiger partial charge in [0.1, 0.15) is 11.5 Å². The molecule has 0 radical (unpaired) electrons. The Kier molecular flexibility index (Phi) is 4.36. The van der Waals surface area contributed by atoms with Gasteiger partial charge in [-0.2, -0.15) is 0 Å². The molecule has 1 unspecified atom stereocenters. The number of carbonyl (C=O) groups is 1. The number of nitrogens with zero attached hydrogens (tertiary/aromatic N) is 3. The molecule has 3 aromatic rings. The van der Waals surface area contributed by atoms with Gasteiger partial charge in [-0.3, -0.25) is 9.69 Å². The zero-order chi connectivity index (χ0) is 19.1. The molecule has 2 aliphatic heterocycles. The molecule has 2 aromatic heterocycles. The minimum atomic E-state index is -0.276. The van der Waals surface area contributed by atoms with Crippen LogP contribution in [0, 0.1) is 5.82 Å². The number of hydrogen-bond acceptors (Lipinski definition) is 3. The first-order valence-electron chi connectivity index (χ1n) is 9.94. The van der Waals surface area contributed by atoms with Gasteiger partial charge in [-0.15, -0.1) is 0 Å². The first-order chi connectivity index (χ1) is 13.7. The highest BCUT2D eigenvalue weighted by molar-refractivity contribution is 5.99. The Hall–Kier alpha value is -2.73. The zero-order valence-electron chi connectivity index (χ0n) is 15.6. The number of amides is 1. The fourth-order valence-corrected chi connectivity index (χ4v) is 4.72. The van der Waals surface area contributed by atoms with Gasteiger partial charge < -0.3 is 9.88 Å². The molecule has 1 aromatic carbocycles.